The third-order valence-corrected chi connectivity index (χ3v) is 4.24. The number of non-ortho nitro benzene ring substituents is 1. The van der Waals surface area contributed by atoms with Crippen LogP contribution in [0.2, 0.25) is 0 Å². The summed E-state index contributed by atoms with van der Waals surface area (Å²) in [5.41, 5.74) is 1.96. The summed E-state index contributed by atoms with van der Waals surface area (Å²) in [5.74, 6) is -0.430. The summed E-state index contributed by atoms with van der Waals surface area (Å²) in [4.78, 5) is 22.0. The molecule has 1 N–H and O–H groups in total. The predicted octanol–water partition coefficient (Wildman–Crippen LogP) is 3.22. The van der Waals surface area contributed by atoms with Crippen LogP contribution < -0.4 is 5.43 Å². The first-order valence-electron chi connectivity index (χ1n) is 7.88. The molecule has 1 aliphatic rings. The van der Waals surface area contributed by atoms with Gasteiger partial charge < -0.3 is 0 Å². The molecule has 0 radical (unpaired) electrons. The highest BCUT2D eigenvalue weighted by Gasteiger charge is 2.49. The summed E-state index contributed by atoms with van der Waals surface area (Å²) in [6.45, 7) is 3.17. The number of rotatable bonds is 6. The Morgan fingerprint density at radius 1 is 1.40 bits per heavy atom. The van der Waals surface area contributed by atoms with E-state index in [4.69, 9.17) is 0 Å². The summed E-state index contributed by atoms with van der Waals surface area (Å²) < 4.78 is 40.1. The van der Waals surface area contributed by atoms with Crippen molar-refractivity contribution in [1.82, 2.24) is 10.4 Å². The maximum absolute atomic E-state index is 13.4. The molecule has 1 heterocycles. The smallest absolute Gasteiger partial charge is 0.288 e. The number of nitrogens with zero attached hydrogens (tertiary/aromatic N) is 2. The van der Waals surface area contributed by atoms with E-state index in [9.17, 15) is 28.1 Å². The zero-order valence-corrected chi connectivity index (χ0v) is 14.0. The summed E-state index contributed by atoms with van der Waals surface area (Å²) >= 11 is 0. The van der Waals surface area contributed by atoms with E-state index in [2.05, 4.69) is 5.43 Å². The molecule has 1 aromatic carbocycles. The summed E-state index contributed by atoms with van der Waals surface area (Å²) in [5, 5.41) is 11.7. The molecule has 1 aliphatic heterocycles. The van der Waals surface area contributed by atoms with Gasteiger partial charge in [-0.2, -0.15) is 13.2 Å². The molecular formula is C16H20F3N3O3. The lowest BCUT2D eigenvalue weighted by molar-refractivity contribution is -0.384. The molecule has 0 aromatic heterocycles. The van der Waals surface area contributed by atoms with E-state index in [1.807, 2.05) is 0 Å². The number of nitro groups is 1. The topological polar surface area (TPSA) is 75.5 Å². The number of nitrogens with one attached hydrogen (secondary N) is 1. The van der Waals surface area contributed by atoms with Crippen LogP contribution in [0.25, 0.3) is 0 Å². The second-order valence-electron chi connectivity index (χ2n) is 6.83. The monoisotopic (exact) mass is 359 g/mol. The van der Waals surface area contributed by atoms with Crippen molar-refractivity contribution in [1.29, 1.82) is 0 Å². The number of halogens is 3. The highest BCUT2D eigenvalue weighted by molar-refractivity contribution is 5.83. The standard InChI is InChI=1S/C16H20F3N3O3/c1-15(2)10-21(20-14(15)23)13(16(17,18)19)8-4-6-11-5-3-7-12(9-11)22(24)25/h3,5,7,9,13H,4,6,8,10H2,1-2H3,(H,20,23)/t13-/m0/s1. The second-order valence-corrected chi connectivity index (χ2v) is 6.83. The molecule has 0 saturated carbocycles. The quantitative estimate of drug-likeness (QED) is 0.625. The first kappa shape index (κ1) is 19.2. The number of hydrogen-bond acceptors (Lipinski definition) is 4. The number of benzene rings is 1. The Balaban J connectivity index is 2.01. The number of hydrogen-bond donors (Lipinski definition) is 1. The van der Waals surface area contributed by atoms with Crippen molar-refractivity contribution < 1.29 is 22.9 Å². The second kappa shape index (κ2) is 6.99. The van der Waals surface area contributed by atoms with Gasteiger partial charge in [0.25, 0.3) is 5.69 Å². The SMILES string of the molecule is CC1(C)CN([C@@H](CCCc2cccc([N+](=O)[O-])c2)C(F)(F)F)NC1=O. The lowest BCUT2D eigenvalue weighted by atomic mass is 9.94. The van der Waals surface area contributed by atoms with Crippen LogP contribution in [-0.2, 0) is 11.2 Å². The maximum Gasteiger partial charge on any atom is 0.405 e. The lowest BCUT2D eigenvalue weighted by Crippen LogP contribution is -2.50. The molecule has 2 rings (SSSR count). The summed E-state index contributed by atoms with van der Waals surface area (Å²) in [6.07, 6.45) is -4.20. The Morgan fingerprint density at radius 3 is 2.60 bits per heavy atom. The number of aryl methyl sites for hydroxylation is 1. The molecule has 0 unspecified atom stereocenters. The van der Waals surface area contributed by atoms with Crippen molar-refractivity contribution in [3.8, 4) is 0 Å². The lowest BCUT2D eigenvalue weighted by Gasteiger charge is -2.29. The van der Waals surface area contributed by atoms with Gasteiger partial charge in [-0.05, 0) is 38.7 Å². The minimum absolute atomic E-state index is 0.0210. The molecule has 138 valence electrons. The van der Waals surface area contributed by atoms with Crippen LogP contribution in [0, 0.1) is 15.5 Å². The van der Waals surface area contributed by atoms with Gasteiger partial charge in [0.1, 0.15) is 6.04 Å². The normalized spacial score (nSPS) is 18.8. The van der Waals surface area contributed by atoms with Crippen LogP contribution >= 0.6 is 0 Å². The van der Waals surface area contributed by atoms with Gasteiger partial charge in [-0.15, -0.1) is 0 Å². The summed E-state index contributed by atoms with van der Waals surface area (Å²) in [7, 11) is 0. The van der Waals surface area contributed by atoms with E-state index < -0.39 is 28.5 Å². The maximum atomic E-state index is 13.4. The number of amides is 1. The van der Waals surface area contributed by atoms with E-state index in [1.54, 1.807) is 19.9 Å². The fourth-order valence-electron chi connectivity index (χ4n) is 2.83. The van der Waals surface area contributed by atoms with E-state index in [0.29, 0.717) is 12.0 Å². The number of nitro benzene ring substituents is 1. The Hall–Kier alpha value is -2.16. The molecular weight excluding hydrogens is 339 g/mol. The van der Waals surface area contributed by atoms with Crippen molar-refractivity contribution in [3.63, 3.8) is 0 Å². The Kier molecular flexibility index (Phi) is 5.36. The number of hydrazine groups is 1. The van der Waals surface area contributed by atoms with Crippen molar-refractivity contribution >= 4 is 11.6 Å². The van der Waals surface area contributed by atoms with Crippen molar-refractivity contribution in [2.75, 3.05) is 6.54 Å². The van der Waals surface area contributed by atoms with Gasteiger partial charge in [0, 0.05) is 18.7 Å². The van der Waals surface area contributed by atoms with Crippen LogP contribution in [0.1, 0.15) is 32.3 Å². The van der Waals surface area contributed by atoms with Crippen LogP contribution in [0.3, 0.4) is 0 Å². The van der Waals surface area contributed by atoms with Gasteiger partial charge in [-0.25, -0.2) is 5.01 Å². The average Bonchev–Trinajstić information content (AvgIpc) is 2.75. The van der Waals surface area contributed by atoms with E-state index in [0.717, 1.165) is 5.01 Å². The van der Waals surface area contributed by atoms with E-state index >= 15 is 0 Å². The van der Waals surface area contributed by atoms with Gasteiger partial charge in [0.2, 0.25) is 5.91 Å². The van der Waals surface area contributed by atoms with Crippen molar-refractivity contribution in [2.24, 2.45) is 5.41 Å². The minimum atomic E-state index is -4.48. The Morgan fingerprint density at radius 2 is 2.08 bits per heavy atom. The number of carbonyl (C=O) groups excluding carboxylic acids is 1. The third kappa shape index (κ3) is 4.68. The molecule has 0 spiro atoms. The molecule has 0 bridgehead atoms. The molecule has 0 aliphatic carbocycles. The molecule has 1 saturated heterocycles. The molecule has 1 fully saturated rings. The molecule has 1 amide bonds. The third-order valence-electron chi connectivity index (χ3n) is 4.24. The van der Waals surface area contributed by atoms with Crippen LogP contribution in [0.5, 0.6) is 0 Å². The predicted molar refractivity (Wildman–Crippen MR) is 84.5 cm³/mol. The summed E-state index contributed by atoms with van der Waals surface area (Å²) in [6, 6.07) is 4.08. The van der Waals surface area contributed by atoms with E-state index in [1.165, 1.54) is 18.2 Å². The van der Waals surface area contributed by atoms with E-state index in [-0.39, 0.29) is 25.1 Å². The minimum Gasteiger partial charge on any atom is -0.288 e. The van der Waals surface area contributed by atoms with Gasteiger partial charge in [-0.1, -0.05) is 12.1 Å². The first-order valence-corrected chi connectivity index (χ1v) is 7.88. The van der Waals surface area contributed by atoms with Gasteiger partial charge in [-0.3, -0.25) is 20.3 Å². The zero-order valence-electron chi connectivity index (χ0n) is 14.0. The van der Waals surface area contributed by atoms with Gasteiger partial charge in [0.15, 0.2) is 0 Å². The molecule has 6 nitrogen and oxygen atoms in total. The largest absolute Gasteiger partial charge is 0.405 e. The molecule has 1 aromatic rings. The molecule has 1 atom stereocenters. The van der Waals surface area contributed by atoms with Crippen molar-refractivity contribution in [2.45, 2.75) is 45.3 Å². The van der Waals surface area contributed by atoms with Crippen molar-refractivity contribution in [3.05, 3.63) is 39.9 Å². The van der Waals surface area contributed by atoms with Gasteiger partial charge >= 0.3 is 6.18 Å². The first-order chi connectivity index (χ1) is 11.5. The Bertz CT molecular complexity index is 662. The number of carbonyl (C=O) groups is 1. The fourth-order valence-corrected chi connectivity index (χ4v) is 2.83. The zero-order chi connectivity index (χ0) is 18.8. The number of alkyl halides is 3. The molecule has 9 heteroatoms. The van der Waals surface area contributed by atoms with Gasteiger partial charge in [0.05, 0.1) is 10.3 Å². The highest BCUT2D eigenvalue weighted by atomic mass is 19.4. The fraction of sp³-hybridized carbons (Fsp3) is 0.562. The van der Waals surface area contributed by atoms with Crippen LogP contribution in [0.4, 0.5) is 18.9 Å². The average molecular weight is 359 g/mol. The molecule has 25 heavy (non-hydrogen) atoms. The van der Waals surface area contributed by atoms with Crippen LogP contribution in [-0.4, -0.2) is 34.6 Å². The highest BCUT2D eigenvalue weighted by Crippen LogP contribution is 2.33. The van der Waals surface area contributed by atoms with Crippen LogP contribution in [0.15, 0.2) is 24.3 Å². The Labute approximate surface area is 143 Å².